The molecule has 20 heavy (non-hydrogen) atoms. The lowest BCUT2D eigenvalue weighted by Gasteiger charge is -2.21. The van der Waals surface area contributed by atoms with Gasteiger partial charge in [-0.2, -0.15) is 0 Å². The molecule has 0 fully saturated rings. The third-order valence-corrected chi connectivity index (χ3v) is 3.50. The Morgan fingerprint density at radius 1 is 1.00 bits per heavy atom. The standard InChI is InChI=1S/C17H21NO2/c1-12(14-7-5-4-6-8-14)18-13(2)16-10-9-15(20-3)11-17(16)19/h4-13,18-19H,1-3H3/t12-,13?/m0/s1. The van der Waals surface area contributed by atoms with Gasteiger partial charge in [-0.25, -0.2) is 0 Å². The van der Waals surface area contributed by atoms with E-state index in [0.717, 1.165) is 5.56 Å². The van der Waals surface area contributed by atoms with Crippen LogP contribution in [0.4, 0.5) is 0 Å². The Kier molecular flexibility index (Phi) is 4.64. The van der Waals surface area contributed by atoms with E-state index in [1.807, 2.05) is 37.3 Å². The maximum atomic E-state index is 10.1. The fourth-order valence-electron chi connectivity index (χ4n) is 2.32. The van der Waals surface area contributed by atoms with E-state index < -0.39 is 0 Å². The van der Waals surface area contributed by atoms with Gasteiger partial charge in [-0.05, 0) is 25.5 Å². The minimum absolute atomic E-state index is 0.0520. The quantitative estimate of drug-likeness (QED) is 0.868. The molecule has 2 atom stereocenters. The van der Waals surface area contributed by atoms with E-state index in [-0.39, 0.29) is 17.8 Å². The zero-order valence-electron chi connectivity index (χ0n) is 12.1. The number of aromatic hydroxyl groups is 1. The van der Waals surface area contributed by atoms with Gasteiger partial charge in [-0.3, -0.25) is 0 Å². The summed E-state index contributed by atoms with van der Waals surface area (Å²) in [6.07, 6.45) is 0. The molecule has 0 aliphatic carbocycles. The Labute approximate surface area is 120 Å². The van der Waals surface area contributed by atoms with Crippen molar-refractivity contribution in [1.82, 2.24) is 5.32 Å². The zero-order valence-corrected chi connectivity index (χ0v) is 12.1. The third-order valence-electron chi connectivity index (χ3n) is 3.50. The second kappa shape index (κ2) is 6.44. The molecule has 2 aromatic rings. The molecule has 0 amide bonds. The predicted molar refractivity (Wildman–Crippen MR) is 81.1 cm³/mol. The number of hydrogen-bond donors (Lipinski definition) is 2. The number of nitrogens with one attached hydrogen (secondary N) is 1. The number of benzene rings is 2. The van der Waals surface area contributed by atoms with Crippen LogP contribution < -0.4 is 10.1 Å². The summed E-state index contributed by atoms with van der Waals surface area (Å²) >= 11 is 0. The van der Waals surface area contributed by atoms with Gasteiger partial charge in [-0.1, -0.05) is 36.4 Å². The molecule has 106 valence electrons. The van der Waals surface area contributed by atoms with Gasteiger partial charge < -0.3 is 15.2 Å². The van der Waals surface area contributed by atoms with E-state index in [2.05, 4.69) is 24.4 Å². The first-order chi connectivity index (χ1) is 9.61. The molecule has 0 saturated heterocycles. The van der Waals surface area contributed by atoms with Crippen molar-refractivity contribution in [3.8, 4) is 11.5 Å². The third kappa shape index (κ3) is 3.31. The Balaban J connectivity index is 2.10. The predicted octanol–water partition coefficient (Wildman–Crippen LogP) is 3.81. The molecule has 2 aromatic carbocycles. The van der Waals surface area contributed by atoms with Crippen LogP contribution in [0.1, 0.15) is 37.1 Å². The normalized spacial score (nSPS) is 13.8. The van der Waals surface area contributed by atoms with Crippen LogP contribution >= 0.6 is 0 Å². The highest BCUT2D eigenvalue weighted by molar-refractivity contribution is 5.41. The zero-order chi connectivity index (χ0) is 14.5. The minimum atomic E-state index is 0.0520. The van der Waals surface area contributed by atoms with Crippen LogP contribution in [-0.2, 0) is 0 Å². The van der Waals surface area contributed by atoms with Gasteiger partial charge in [0.15, 0.2) is 0 Å². The van der Waals surface area contributed by atoms with Gasteiger partial charge in [0.05, 0.1) is 7.11 Å². The largest absolute Gasteiger partial charge is 0.507 e. The lowest BCUT2D eigenvalue weighted by atomic mass is 10.0. The molecular weight excluding hydrogens is 250 g/mol. The number of methoxy groups -OCH3 is 1. The highest BCUT2D eigenvalue weighted by atomic mass is 16.5. The van der Waals surface area contributed by atoms with Gasteiger partial charge in [0.25, 0.3) is 0 Å². The van der Waals surface area contributed by atoms with E-state index >= 15 is 0 Å². The average molecular weight is 271 g/mol. The maximum Gasteiger partial charge on any atom is 0.124 e. The van der Waals surface area contributed by atoms with Crippen molar-refractivity contribution in [1.29, 1.82) is 0 Å². The van der Waals surface area contributed by atoms with Crippen molar-refractivity contribution >= 4 is 0 Å². The molecule has 3 heteroatoms. The number of rotatable bonds is 5. The van der Waals surface area contributed by atoms with Crippen LogP contribution in [-0.4, -0.2) is 12.2 Å². The first-order valence-electron chi connectivity index (χ1n) is 6.79. The number of ether oxygens (including phenoxy) is 1. The molecule has 2 rings (SSSR count). The van der Waals surface area contributed by atoms with Crippen LogP contribution in [0.2, 0.25) is 0 Å². The molecule has 0 aliphatic heterocycles. The Morgan fingerprint density at radius 3 is 2.30 bits per heavy atom. The smallest absolute Gasteiger partial charge is 0.124 e. The van der Waals surface area contributed by atoms with Gasteiger partial charge in [0, 0.05) is 23.7 Å². The summed E-state index contributed by atoms with van der Waals surface area (Å²) in [5.41, 5.74) is 2.10. The summed E-state index contributed by atoms with van der Waals surface area (Å²) in [7, 11) is 1.59. The summed E-state index contributed by atoms with van der Waals surface area (Å²) < 4.78 is 5.10. The summed E-state index contributed by atoms with van der Waals surface area (Å²) in [5.74, 6) is 0.916. The average Bonchev–Trinajstić information content (AvgIpc) is 2.47. The topological polar surface area (TPSA) is 41.5 Å². The van der Waals surface area contributed by atoms with Crippen molar-refractivity contribution in [2.45, 2.75) is 25.9 Å². The second-order valence-electron chi connectivity index (χ2n) is 4.95. The molecule has 0 spiro atoms. The fourth-order valence-corrected chi connectivity index (χ4v) is 2.32. The van der Waals surface area contributed by atoms with Crippen molar-refractivity contribution < 1.29 is 9.84 Å². The summed E-state index contributed by atoms with van der Waals surface area (Å²) in [5, 5.41) is 13.5. The van der Waals surface area contributed by atoms with Crippen LogP contribution in [0, 0.1) is 0 Å². The lowest BCUT2D eigenvalue weighted by molar-refractivity contribution is 0.402. The van der Waals surface area contributed by atoms with Crippen LogP contribution in [0.3, 0.4) is 0 Å². The molecule has 0 aliphatic rings. The minimum Gasteiger partial charge on any atom is -0.507 e. The molecule has 0 aromatic heterocycles. The maximum absolute atomic E-state index is 10.1. The molecule has 2 N–H and O–H groups in total. The fraction of sp³-hybridized carbons (Fsp3) is 0.294. The lowest BCUT2D eigenvalue weighted by Crippen LogP contribution is -2.22. The molecule has 0 radical (unpaired) electrons. The molecule has 3 nitrogen and oxygen atoms in total. The Bertz CT molecular complexity index is 554. The van der Waals surface area contributed by atoms with Gasteiger partial charge >= 0.3 is 0 Å². The molecule has 0 saturated carbocycles. The second-order valence-corrected chi connectivity index (χ2v) is 4.95. The van der Waals surface area contributed by atoms with Crippen LogP contribution in [0.15, 0.2) is 48.5 Å². The first-order valence-corrected chi connectivity index (χ1v) is 6.79. The van der Waals surface area contributed by atoms with Gasteiger partial charge in [0.1, 0.15) is 11.5 Å². The Hall–Kier alpha value is -2.00. The van der Waals surface area contributed by atoms with E-state index in [0.29, 0.717) is 5.75 Å². The van der Waals surface area contributed by atoms with Crippen molar-refractivity contribution in [3.05, 3.63) is 59.7 Å². The monoisotopic (exact) mass is 271 g/mol. The van der Waals surface area contributed by atoms with Crippen molar-refractivity contribution in [3.63, 3.8) is 0 Å². The van der Waals surface area contributed by atoms with Gasteiger partial charge in [-0.15, -0.1) is 0 Å². The van der Waals surface area contributed by atoms with Crippen LogP contribution in [0.25, 0.3) is 0 Å². The number of phenolic OH excluding ortho intramolecular Hbond substituents is 1. The molecule has 0 bridgehead atoms. The first kappa shape index (κ1) is 14.4. The highest BCUT2D eigenvalue weighted by Gasteiger charge is 2.14. The van der Waals surface area contributed by atoms with Crippen LogP contribution in [0.5, 0.6) is 11.5 Å². The van der Waals surface area contributed by atoms with Gasteiger partial charge in [0.2, 0.25) is 0 Å². The number of phenols is 1. The van der Waals surface area contributed by atoms with E-state index in [1.165, 1.54) is 5.56 Å². The number of hydrogen-bond acceptors (Lipinski definition) is 3. The van der Waals surface area contributed by atoms with E-state index in [1.54, 1.807) is 13.2 Å². The molecule has 1 unspecified atom stereocenters. The summed E-state index contributed by atoms with van der Waals surface area (Å²) in [6, 6.07) is 15.9. The van der Waals surface area contributed by atoms with Crippen molar-refractivity contribution in [2.75, 3.05) is 7.11 Å². The van der Waals surface area contributed by atoms with Crippen molar-refractivity contribution in [2.24, 2.45) is 0 Å². The molecule has 0 heterocycles. The summed E-state index contributed by atoms with van der Waals surface area (Å²) in [6.45, 7) is 4.16. The Morgan fingerprint density at radius 2 is 1.70 bits per heavy atom. The summed E-state index contributed by atoms with van der Waals surface area (Å²) in [4.78, 5) is 0. The molecular formula is C17H21NO2. The van der Waals surface area contributed by atoms with E-state index in [9.17, 15) is 5.11 Å². The SMILES string of the molecule is COc1ccc(C(C)N[C@@H](C)c2ccccc2)c(O)c1. The highest BCUT2D eigenvalue weighted by Crippen LogP contribution is 2.29. The van der Waals surface area contributed by atoms with E-state index in [4.69, 9.17) is 4.74 Å².